The normalized spacial score (nSPS) is 32.8. The van der Waals surface area contributed by atoms with Gasteiger partial charge in [-0.2, -0.15) is 0 Å². The molecule has 1 saturated heterocycles. The van der Waals surface area contributed by atoms with Gasteiger partial charge in [-0.25, -0.2) is 0 Å². The van der Waals surface area contributed by atoms with Crippen molar-refractivity contribution < 1.29 is 30.0 Å². The van der Waals surface area contributed by atoms with Gasteiger partial charge in [0.2, 0.25) is 0 Å². The molecule has 1 fully saturated rings. The first kappa shape index (κ1) is 16.9. The topological polar surface area (TPSA) is 119 Å². The van der Waals surface area contributed by atoms with Crippen LogP contribution in [0.15, 0.2) is 30.3 Å². The highest BCUT2D eigenvalue weighted by molar-refractivity contribution is 5.74. The van der Waals surface area contributed by atoms with Crippen molar-refractivity contribution in [1.29, 1.82) is 0 Å². The number of hydrogen-bond donors (Lipinski definition) is 5. The predicted molar refractivity (Wildman–Crippen MR) is 77.1 cm³/mol. The zero-order chi connectivity index (χ0) is 16.3. The number of rotatable bonds is 6. The van der Waals surface area contributed by atoms with Crippen LogP contribution in [0, 0.1) is 0 Å². The molecule has 5 N–H and O–H groups in total. The van der Waals surface area contributed by atoms with Gasteiger partial charge < -0.3 is 25.2 Å². The van der Waals surface area contributed by atoms with Crippen LogP contribution in [-0.4, -0.2) is 63.1 Å². The summed E-state index contributed by atoms with van der Waals surface area (Å²) < 4.78 is 5.42. The van der Waals surface area contributed by atoms with Gasteiger partial charge >= 0.3 is 5.97 Å². The summed E-state index contributed by atoms with van der Waals surface area (Å²) in [6, 6.07) is 8.05. The minimum Gasteiger partial charge on any atom is -0.480 e. The second-order valence-corrected chi connectivity index (χ2v) is 5.61. The lowest BCUT2D eigenvalue weighted by Gasteiger charge is -2.32. The van der Waals surface area contributed by atoms with E-state index in [0.29, 0.717) is 0 Å². The maximum Gasteiger partial charge on any atom is 0.321 e. The van der Waals surface area contributed by atoms with E-state index in [1.54, 1.807) is 12.1 Å². The van der Waals surface area contributed by atoms with Gasteiger partial charge in [0.1, 0.15) is 30.1 Å². The maximum atomic E-state index is 11.5. The maximum absolute atomic E-state index is 11.5. The van der Waals surface area contributed by atoms with Gasteiger partial charge in [-0.3, -0.25) is 10.1 Å². The molecule has 0 aromatic heterocycles. The summed E-state index contributed by atoms with van der Waals surface area (Å²) in [6.07, 6.45) is -3.39. The van der Waals surface area contributed by atoms with Crippen LogP contribution in [-0.2, 0) is 16.0 Å². The second kappa shape index (κ2) is 6.72. The van der Waals surface area contributed by atoms with E-state index in [-0.39, 0.29) is 6.42 Å². The lowest BCUT2D eigenvalue weighted by molar-refractivity contribution is -0.147. The Morgan fingerprint density at radius 1 is 1.36 bits per heavy atom. The van der Waals surface area contributed by atoms with E-state index in [1.807, 2.05) is 18.2 Å². The molecule has 1 unspecified atom stereocenters. The summed E-state index contributed by atoms with van der Waals surface area (Å²) in [4.78, 5) is 11.5. The van der Waals surface area contributed by atoms with Gasteiger partial charge in [-0.1, -0.05) is 30.3 Å². The monoisotopic (exact) mass is 311 g/mol. The van der Waals surface area contributed by atoms with Gasteiger partial charge in [0, 0.05) is 0 Å². The minimum atomic E-state index is -1.45. The molecule has 2 rings (SSSR count). The van der Waals surface area contributed by atoms with Crippen molar-refractivity contribution in [1.82, 2.24) is 5.32 Å². The smallest absolute Gasteiger partial charge is 0.321 e. The zero-order valence-corrected chi connectivity index (χ0v) is 12.2. The van der Waals surface area contributed by atoms with Crippen molar-refractivity contribution in [2.75, 3.05) is 6.61 Å². The van der Waals surface area contributed by atoms with Gasteiger partial charge in [-0.15, -0.1) is 0 Å². The fourth-order valence-corrected chi connectivity index (χ4v) is 2.64. The second-order valence-electron chi connectivity index (χ2n) is 5.61. The van der Waals surface area contributed by atoms with E-state index in [9.17, 15) is 20.1 Å². The van der Waals surface area contributed by atoms with Crippen molar-refractivity contribution in [3.8, 4) is 0 Å². The van der Waals surface area contributed by atoms with Crippen LogP contribution >= 0.6 is 0 Å². The van der Waals surface area contributed by atoms with Crippen LogP contribution < -0.4 is 5.32 Å². The number of carbonyl (C=O) groups is 1. The first-order chi connectivity index (χ1) is 10.4. The van der Waals surface area contributed by atoms with Gasteiger partial charge in [0.15, 0.2) is 0 Å². The molecule has 0 aliphatic carbocycles. The number of hydrogen-bond acceptors (Lipinski definition) is 6. The van der Waals surface area contributed by atoms with Crippen LogP contribution in [0.5, 0.6) is 0 Å². The standard InChI is InChI=1S/C15H21NO6/c1-15(13(19)12(18)11(8-17)22-15)16-10(14(20)21)7-9-5-3-2-4-6-9/h2-6,10-13,16-19H,7-8H2,1H3,(H,20,21)/t10-,11-,12-,13+,15?/m1/s1. The van der Waals surface area contributed by atoms with Gasteiger partial charge in [-0.05, 0) is 18.9 Å². The van der Waals surface area contributed by atoms with E-state index in [2.05, 4.69) is 5.32 Å². The molecule has 1 heterocycles. The average molecular weight is 311 g/mol. The Kier molecular flexibility index (Phi) is 5.15. The predicted octanol–water partition coefficient (Wildman–Crippen LogP) is -0.899. The van der Waals surface area contributed by atoms with Crippen molar-refractivity contribution >= 4 is 5.97 Å². The Morgan fingerprint density at radius 3 is 2.50 bits per heavy atom. The Hall–Kier alpha value is -1.51. The van der Waals surface area contributed by atoms with Gasteiger partial charge in [0.05, 0.1) is 6.61 Å². The Balaban J connectivity index is 2.12. The highest BCUT2D eigenvalue weighted by Crippen LogP contribution is 2.29. The number of aliphatic hydroxyl groups is 3. The van der Waals surface area contributed by atoms with E-state index < -0.39 is 42.7 Å². The summed E-state index contributed by atoms with van der Waals surface area (Å²) in [7, 11) is 0. The average Bonchev–Trinajstić information content (AvgIpc) is 2.72. The molecule has 122 valence electrons. The highest BCUT2D eigenvalue weighted by Gasteiger charge is 2.52. The molecule has 1 aliphatic rings. The largest absolute Gasteiger partial charge is 0.480 e. The Morgan fingerprint density at radius 2 is 2.00 bits per heavy atom. The highest BCUT2D eigenvalue weighted by atomic mass is 16.6. The van der Waals surface area contributed by atoms with E-state index in [0.717, 1.165) is 5.56 Å². The number of carboxylic acids is 1. The third kappa shape index (κ3) is 3.45. The molecule has 22 heavy (non-hydrogen) atoms. The summed E-state index contributed by atoms with van der Waals surface area (Å²) in [5.74, 6) is -1.09. The molecule has 1 aromatic rings. The van der Waals surface area contributed by atoms with E-state index in [4.69, 9.17) is 9.84 Å². The molecule has 0 amide bonds. The van der Waals surface area contributed by atoms with Crippen molar-refractivity contribution in [2.24, 2.45) is 0 Å². The first-order valence-electron chi connectivity index (χ1n) is 7.06. The summed E-state index contributed by atoms with van der Waals surface area (Å²) in [5, 5.41) is 41.1. The SMILES string of the molecule is CC1(N[C@H](Cc2ccccc2)C(=O)O)O[C@H](CO)[C@@H](O)[C@@H]1O. The molecular weight excluding hydrogens is 290 g/mol. The summed E-state index contributed by atoms with van der Waals surface area (Å²) >= 11 is 0. The van der Waals surface area contributed by atoms with Crippen LogP contribution in [0.25, 0.3) is 0 Å². The Bertz CT molecular complexity index is 510. The number of ether oxygens (including phenoxy) is 1. The minimum absolute atomic E-state index is 0.196. The van der Waals surface area contributed by atoms with Crippen molar-refractivity contribution in [2.45, 2.75) is 43.4 Å². The molecular formula is C15H21NO6. The van der Waals surface area contributed by atoms with Crippen LogP contribution in [0.1, 0.15) is 12.5 Å². The summed E-state index contributed by atoms with van der Waals surface area (Å²) in [5.41, 5.74) is -0.636. The molecule has 0 spiro atoms. The molecule has 1 aromatic carbocycles. The van der Waals surface area contributed by atoms with Crippen LogP contribution in [0.2, 0.25) is 0 Å². The third-order valence-corrected chi connectivity index (χ3v) is 3.89. The number of carboxylic acid groups (broad SMARTS) is 1. The number of aliphatic carboxylic acids is 1. The van der Waals surface area contributed by atoms with E-state index >= 15 is 0 Å². The molecule has 0 saturated carbocycles. The molecule has 7 heteroatoms. The summed E-state index contributed by atoms with van der Waals surface area (Å²) in [6.45, 7) is 0.989. The van der Waals surface area contributed by atoms with Crippen LogP contribution in [0.3, 0.4) is 0 Å². The Labute approximate surface area is 128 Å². The first-order valence-corrected chi connectivity index (χ1v) is 7.06. The molecule has 1 aliphatic heterocycles. The number of benzene rings is 1. The molecule has 5 atom stereocenters. The zero-order valence-electron chi connectivity index (χ0n) is 12.2. The third-order valence-electron chi connectivity index (χ3n) is 3.89. The molecule has 7 nitrogen and oxygen atoms in total. The number of nitrogens with one attached hydrogen (secondary N) is 1. The molecule has 0 bridgehead atoms. The quantitative estimate of drug-likeness (QED) is 0.462. The van der Waals surface area contributed by atoms with Crippen molar-refractivity contribution in [3.63, 3.8) is 0 Å². The lowest BCUT2D eigenvalue weighted by atomic mass is 10.0. The van der Waals surface area contributed by atoms with Crippen LogP contribution in [0.4, 0.5) is 0 Å². The number of aliphatic hydroxyl groups excluding tert-OH is 3. The molecule has 0 radical (unpaired) electrons. The van der Waals surface area contributed by atoms with Gasteiger partial charge in [0.25, 0.3) is 0 Å². The van der Waals surface area contributed by atoms with Crippen molar-refractivity contribution in [3.05, 3.63) is 35.9 Å². The lowest BCUT2D eigenvalue weighted by Crippen LogP contribution is -2.58. The fourth-order valence-electron chi connectivity index (χ4n) is 2.64. The van der Waals surface area contributed by atoms with E-state index in [1.165, 1.54) is 6.92 Å². The fraction of sp³-hybridized carbons (Fsp3) is 0.533.